The van der Waals surface area contributed by atoms with Crippen LogP contribution in [0.5, 0.6) is 0 Å². The van der Waals surface area contributed by atoms with Crippen molar-refractivity contribution in [3.05, 3.63) is 54.1 Å². The quantitative estimate of drug-likeness (QED) is 0.558. The molecule has 0 aliphatic heterocycles. The van der Waals surface area contributed by atoms with Gasteiger partial charge in [-0.15, -0.1) is 0 Å². The Morgan fingerprint density at radius 2 is 1.69 bits per heavy atom. The van der Waals surface area contributed by atoms with Gasteiger partial charge in [0.1, 0.15) is 0 Å². The summed E-state index contributed by atoms with van der Waals surface area (Å²) in [4.78, 5) is 0. The molecule has 1 aliphatic carbocycles. The molecule has 1 aliphatic rings. The predicted octanol–water partition coefficient (Wildman–Crippen LogP) is 3.55. The lowest BCUT2D eigenvalue weighted by molar-refractivity contribution is 0.663. The fraction of sp³-hybridized carbons (Fsp3) is 0.231. The minimum absolute atomic E-state index is 0.0632. The Bertz CT molecular complexity index is 394. The first-order valence-electron chi connectivity index (χ1n) is 4.53. The number of fused-ring (bicyclic) bond motifs is 1. The molecule has 0 nitrogen and oxygen atoms in total. The van der Waals surface area contributed by atoms with Gasteiger partial charge in [0.25, 0.3) is 0 Å². The van der Waals surface area contributed by atoms with Gasteiger partial charge >= 0.3 is 0 Å². The predicted molar refractivity (Wildman–Crippen MR) is 57.6 cm³/mol. The fourth-order valence-corrected chi connectivity index (χ4v) is 1.99. The summed E-state index contributed by atoms with van der Waals surface area (Å²) >= 11 is 0. The van der Waals surface area contributed by atoms with E-state index in [1.54, 1.807) is 0 Å². The Morgan fingerprint density at radius 1 is 1.08 bits per heavy atom. The smallest absolute Gasteiger partial charge is 0.0152 e. The maximum Gasteiger partial charge on any atom is 0.0152 e. The molecule has 0 saturated heterocycles. The van der Waals surface area contributed by atoms with Gasteiger partial charge in [-0.2, -0.15) is 0 Å². The Labute approximate surface area is 79.6 Å². The summed E-state index contributed by atoms with van der Waals surface area (Å²) in [6.07, 6.45) is 0. The van der Waals surface area contributed by atoms with Gasteiger partial charge in [-0.05, 0) is 22.3 Å². The lowest BCUT2D eigenvalue weighted by Gasteiger charge is -2.20. The van der Waals surface area contributed by atoms with E-state index in [0.29, 0.717) is 0 Å². The van der Waals surface area contributed by atoms with E-state index in [-0.39, 0.29) is 5.41 Å². The third-order valence-corrected chi connectivity index (χ3v) is 3.04. The molecule has 13 heavy (non-hydrogen) atoms. The van der Waals surface area contributed by atoms with Gasteiger partial charge in [0.2, 0.25) is 0 Å². The van der Waals surface area contributed by atoms with E-state index in [2.05, 4.69) is 51.3 Å². The summed E-state index contributed by atoms with van der Waals surface area (Å²) in [5.41, 5.74) is 4.92. The molecule has 0 atom stereocenters. The normalized spacial score (nSPS) is 18.9. The van der Waals surface area contributed by atoms with Crippen LogP contribution in [0.15, 0.2) is 43.0 Å². The minimum Gasteiger partial charge on any atom is -0.0943 e. The summed E-state index contributed by atoms with van der Waals surface area (Å²) in [7, 11) is 0. The molecule has 0 N–H and O–H groups in total. The number of rotatable bonds is 0. The van der Waals surface area contributed by atoms with Crippen molar-refractivity contribution in [1.82, 2.24) is 0 Å². The number of benzene rings is 1. The average molecular weight is 170 g/mol. The molecule has 0 aromatic heterocycles. The van der Waals surface area contributed by atoms with Crippen molar-refractivity contribution in [2.45, 2.75) is 19.3 Å². The van der Waals surface area contributed by atoms with Gasteiger partial charge in [0, 0.05) is 5.41 Å². The van der Waals surface area contributed by atoms with E-state index in [0.717, 1.165) is 11.1 Å². The third kappa shape index (κ3) is 0.918. The standard InChI is InChI=1S/C13H14/c1-9-10(2)13(3,4)12-8-6-5-7-11(9)12/h5-8H,1-2H2,3-4H3. The highest BCUT2D eigenvalue weighted by Gasteiger charge is 2.35. The SMILES string of the molecule is C=C1C(=C)C(C)(C)c2ccccc21. The van der Waals surface area contributed by atoms with Crippen LogP contribution >= 0.6 is 0 Å². The summed E-state index contributed by atoms with van der Waals surface area (Å²) in [5, 5.41) is 0. The molecule has 66 valence electrons. The molecular weight excluding hydrogens is 156 g/mol. The Kier molecular flexibility index (Phi) is 1.50. The van der Waals surface area contributed by atoms with Crippen LogP contribution in [0.1, 0.15) is 25.0 Å². The topological polar surface area (TPSA) is 0 Å². The highest BCUT2D eigenvalue weighted by Crippen LogP contribution is 2.47. The van der Waals surface area contributed by atoms with Crippen LogP contribution in [0.4, 0.5) is 0 Å². The Morgan fingerprint density at radius 3 is 2.31 bits per heavy atom. The van der Waals surface area contributed by atoms with Gasteiger partial charge in [0.05, 0.1) is 0 Å². The van der Waals surface area contributed by atoms with E-state index >= 15 is 0 Å². The minimum atomic E-state index is 0.0632. The van der Waals surface area contributed by atoms with Gasteiger partial charge in [-0.1, -0.05) is 51.3 Å². The summed E-state index contributed by atoms with van der Waals surface area (Å²) in [5.74, 6) is 0. The van der Waals surface area contributed by atoms with Crippen molar-refractivity contribution >= 4 is 5.57 Å². The molecule has 0 saturated carbocycles. The zero-order chi connectivity index (χ0) is 9.64. The second-order valence-corrected chi connectivity index (χ2v) is 4.13. The van der Waals surface area contributed by atoms with Crippen LogP contribution in [0.25, 0.3) is 5.57 Å². The zero-order valence-corrected chi connectivity index (χ0v) is 8.22. The first-order valence-corrected chi connectivity index (χ1v) is 4.53. The molecule has 0 heterocycles. The van der Waals surface area contributed by atoms with Crippen LogP contribution in [-0.4, -0.2) is 0 Å². The van der Waals surface area contributed by atoms with E-state index in [4.69, 9.17) is 0 Å². The van der Waals surface area contributed by atoms with Crippen LogP contribution in [-0.2, 0) is 5.41 Å². The van der Waals surface area contributed by atoms with Gasteiger partial charge < -0.3 is 0 Å². The lowest BCUT2D eigenvalue weighted by Crippen LogP contribution is -2.13. The monoisotopic (exact) mass is 170 g/mol. The summed E-state index contributed by atoms with van der Waals surface area (Å²) in [6.45, 7) is 12.6. The van der Waals surface area contributed by atoms with Crippen LogP contribution in [0, 0.1) is 0 Å². The van der Waals surface area contributed by atoms with Crippen molar-refractivity contribution in [2.24, 2.45) is 0 Å². The zero-order valence-electron chi connectivity index (χ0n) is 8.22. The Hall–Kier alpha value is -1.30. The number of hydrogen-bond donors (Lipinski definition) is 0. The highest BCUT2D eigenvalue weighted by molar-refractivity contribution is 5.87. The largest absolute Gasteiger partial charge is 0.0943 e. The van der Waals surface area contributed by atoms with Crippen LogP contribution in [0.2, 0.25) is 0 Å². The highest BCUT2D eigenvalue weighted by atomic mass is 14.4. The molecule has 0 amide bonds. The first-order chi connectivity index (χ1) is 6.05. The van der Waals surface area contributed by atoms with Crippen molar-refractivity contribution in [3.63, 3.8) is 0 Å². The second-order valence-electron chi connectivity index (χ2n) is 4.13. The van der Waals surface area contributed by atoms with Gasteiger partial charge in [0.15, 0.2) is 0 Å². The molecule has 0 fully saturated rings. The van der Waals surface area contributed by atoms with Crippen molar-refractivity contribution in [1.29, 1.82) is 0 Å². The summed E-state index contributed by atoms with van der Waals surface area (Å²) in [6, 6.07) is 8.42. The fourth-order valence-electron chi connectivity index (χ4n) is 1.99. The second kappa shape index (κ2) is 2.35. The van der Waals surface area contributed by atoms with E-state index in [1.165, 1.54) is 11.1 Å². The van der Waals surface area contributed by atoms with Gasteiger partial charge in [-0.25, -0.2) is 0 Å². The molecule has 0 unspecified atom stereocenters. The average Bonchev–Trinajstić information content (AvgIpc) is 2.30. The summed E-state index contributed by atoms with van der Waals surface area (Å²) < 4.78 is 0. The van der Waals surface area contributed by atoms with E-state index in [9.17, 15) is 0 Å². The maximum atomic E-state index is 4.10. The van der Waals surface area contributed by atoms with Crippen LogP contribution in [0.3, 0.4) is 0 Å². The van der Waals surface area contributed by atoms with Crippen molar-refractivity contribution < 1.29 is 0 Å². The number of hydrogen-bond acceptors (Lipinski definition) is 0. The number of allylic oxidation sites excluding steroid dienone is 2. The molecule has 0 bridgehead atoms. The van der Waals surface area contributed by atoms with Crippen molar-refractivity contribution in [2.75, 3.05) is 0 Å². The third-order valence-electron chi connectivity index (χ3n) is 3.04. The maximum absolute atomic E-state index is 4.10. The molecule has 1 aromatic carbocycles. The Balaban J connectivity index is 2.75. The molecule has 1 aromatic rings. The van der Waals surface area contributed by atoms with Crippen LogP contribution < -0.4 is 0 Å². The van der Waals surface area contributed by atoms with E-state index in [1.807, 2.05) is 0 Å². The van der Waals surface area contributed by atoms with Crippen molar-refractivity contribution in [3.8, 4) is 0 Å². The van der Waals surface area contributed by atoms with Gasteiger partial charge in [-0.3, -0.25) is 0 Å². The van der Waals surface area contributed by atoms with E-state index < -0.39 is 0 Å². The molecule has 2 rings (SSSR count). The molecule has 0 radical (unpaired) electrons. The molecule has 0 heteroatoms. The molecule has 0 spiro atoms. The lowest BCUT2D eigenvalue weighted by atomic mass is 9.83. The first kappa shape index (κ1) is 8.31. The molecular formula is C13H14.